The van der Waals surface area contributed by atoms with E-state index < -0.39 is 64.2 Å². The number of carboxylic acids is 2. The molecule has 0 spiro atoms. The van der Waals surface area contributed by atoms with Crippen LogP contribution in [0.5, 0.6) is 0 Å². The van der Waals surface area contributed by atoms with Crippen LogP contribution in [0.25, 0.3) is 0 Å². The van der Waals surface area contributed by atoms with Crippen molar-refractivity contribution in [3.8, 4) is 0 Å². The molecule has 0 bridgehead atoms. The fraction of sp³-hybridized carbons (Fsp3) is 0.262. The maximum Gasteiger partial charge on any atom is 0.352 e. The number of anilines is 3. The number of carboxylic acid groups (broad SMARTS) is 2. The van der Waals surface area contributed by atoms with E-state index in [-0.39, 0.29) is 35.6 Å². The Morgan fingerprint density at radius 3 is 2.06 bits per heavy atom. The summed E-state index contributed by atoms with van der Waals surface area (Å²) in [6, 6.07) is 28.9. The first kappa shape index (κ1) is 44.0. The van der Waals surface area contributed by atoms with E-state index in [1.807, 2.05) is 91.0 Å². The van der Waals surface area contributed by atoms with Crippen molar-refractivity contribution in [2.75, 3.05) is 28.8 Å². The van der Waals surface area contributed by atoms with Crippen LogP contribution in [0.3, 0.4) is 0 Å². The summed E-state index contributed by atoms with van der Waals surface area (Å²) >= 11 is 2.07. The van der Waals surface area contributed by atoms with Gasteiger partial charge in [-0.15, -0.1) is 21.1 Å². The van der Waals surface area contributed by atoms with E-state index in [2.05, 4.69) is 30.5 Å². The zero-order chi connectivity index (χ0) is 45.1. The highest BCUT2D eigenvalue weighted by Gasteiger charge is 2.55. The first-order valence-corrected chi connectivity index (χ1v) is 21.3. The first-order valence-electron chi connectivity index (χ1n) is 19.5. The standard InChI is InChI=1S/C42H43N11O8S2/c1-41(2,38(58)59)61-49-31(33-47-39(44)63-50-33)30(54)19-28-35(55)53-32(37(56)57)24(22-62-36(28)53)20-52-21-29(46-40(60)45-23-43)34(51(52)3)48-42(25-13-7-4-8-14-25,26-15-9-5-10-16-26)27-17-11-6-12-18-27/h4-18,21,28,36H,19-20,22-23,43H2,1-3H3,(H6,44,45,46,47,50,56,57,58,59,60)/p+1/b49-31+. The summed E-state index contributed by atoms with van der Waals surface area (Å²) in [6.45, 7) is 2.33. The number of hydrogen-bond acceptors (Lipinski definition) is 14. The Balaban J connectivity index is 1.23. The molecule has 2 aromatic heterocycles. The molecule has 1 fully saturated rings. The number of hydrogen-bond donors (Lipinski definition) is 7. The van der Waals surface area contributed by atoms with Gasteiger partial charge >= 0.3 is 18.0 Å². The number of rotatable bonds is 17. The van der Waals surface area contributed by atoms with Gasteiger partial charge in [0.25, 0.3) is 0 Å². The number of Topliss-reactive ketones (excluding diaryl/α,β-unsaturated/α-hetero) is 1. The van der Waals surface area contributed by atoms with Crippen LogP contribution in [0.4, 0.5) is 21.4 Å². The van der Waals surface area contributed by atoms with Crippen LogP contribution in [-0.4, -0.2) is 87.9 Å². The zero-order valence-corrected chi connectivity index (χ0v) is 35.9. The van der Waals surface area contributed by atoms with E-state index in [0.717, 1.165) is 28.2 Å². The van der Waals surface area contributed by atoms with E-state index in [4.69, 9.17) is 16.3 Å². The molecule has 2 aliphatic rings. The van der Waals surface area contributed by atoms with Crippen LogP contribution >= 0.6 is 23.3 Å². The Morgan fingerprint density at radius 1 is 0.968 bits per heavy atom. The smallest absolute Gasteiger partial charge is 0.352 e. The van der Waals surface area contributed by atoms with Crippen molar-refractivity contribution in [2.45, 2.75) is 43.3 Å². The Morgan fingerprint density at radius 2 is 1.56 bits per heavy atom. The molecule has 21 heteroatoms. The molecular weight excluding hydrogens is 851 g/mol. The largest absolute Gasteiger partial charge is 0.478 e. The third-order valence-electron chi connectivity index (χ3n) is 10.6. The molecule has 9 N–H and O–H groups in total. The number of benzene rings is 3. The lowest BCUT2D eigenvalue weighted by Crippen LogP contribution is -2.62. The summed E-state index contributed by atoms with van der Waals surface area (Å²) in [6.07, 6.45) is 1.25. The number of fused-ring (bicyclic) bond motifs is 1. The summed E-state index contributed by atoms with van der Waals surface area (Å²) in [5.74, 6) is -4.55. The predicted octanol–water partition coefficient (Wildman–Crippen LogP) is 3.30. The minimum atomic E-state index is -1.82. The van der Waals surface area contributed by atoms with Crippen molar-refractivity contribution < 1.29 is 43.7 Å². The van der Waals surface area contributed by atoms with Crippen molar-refractivity contribution >= 4 is 75.3 Å². The molecule has 5 aromatic rings. The number of thioether (sulfide) groups is 1. The number of carbonyl (C=O) groups is 5. The molecule has 2 atom stereocenters. The number of nitrogens with two attached hydrogens (primary N) is 2. The normalized spacial score (nSPS) is 16.5. The van der Waals surface area contributed by atoms with Crippen molar-refractivity contribution in [1.29, 1.82) is 0 Å². The predicted molar refractivity (Wildman–Crippen MR) is 234 cm³/mol. The van der Waals surface area contributed by atoms with Gasteiger partial charge in [0.1, 0.15) is 11.2 Å². The Bertz CT molecular complexity index is 2520. The molecule has 2 unspecified atom stereocenters. The molecule has 3 aromatic carbocycles. The lowest BCUT2D eigenvalue weighted by molar-refractivity contribution is -0.765. The van der Waals surface area contributed by atoms with E-state index >= 15 is 0 Å². The number of aliphatic carboxylic acids is 2. The van der Waals surface area contributed by atoms with Crippen molar-refractivity contribution in [3.05, 3.63) is 131 Å². The van der Waals surface area contributed by atoms with E-state index in [1.54, 1.807) is 22.6 Å². The second-order valence-electron chi connectivity index (χ2n) is 15.0. The SMILES string of the molecule is Cn1c(NC(c2ccccc2)(c2ccccc2)c2ccccc2)c(NC(=O)NCN)c[n+]1CC1=C(C(=O)O)N2C(=O)C(CC(=O)/C(=N\OC(C)(C)C(=O)O)c3nsc(N)n3)C2SC1. The van der Waals surface area contributed by atoms with Crippen LogP contribution < -0.4 is 32.1 Å². The molecule has 0 saturated carbocycles. The van der Waals surface area contributed by atoms with Gasteiger partial charge in [0.05, 0.1) is 25.0 Å². The number of urea groups is 1. The minimum absolute atomic E-state index is 0.0144. The van der Waals surface area contributed by atoms with Crippen LogP contribution in [0, 0.1) is 5.92 Å². The number of aromatic nitrogens is 4. The minimum Gasteiger partial charge on any atom is -0.478 e. The van der Waals surface area contributed by atoms with Gasteiger partial charge in [-0.05, 0) is 30.5 Å². The van der Waals surface area contributed by atoms with Gasteiger partial charge in [-0.2, -0.15) is 9.36 Å². The highest BCUT2D eigenvalue weighted by atomic mass is 32.2. The molecule has 19 nitrogen and oxygen atoms in total. The number of β-lactam (4-membered cyclic amide) rings is 1. The summed E-state index contributed by atoms with van der Waals surface area (Å²) in [7, 11) is 1.77. The summed E-state index contributed by atoms with van der Waals surface area (Å²) in [5.41, 5.74) is 11.3. The molecule has 0 radical (unpaired) electrons. The van der Waals surface area contributed by atoms with Gasteiger partial charge < -0.3 is 37.2 Å². The third kappa shape index (κ3) is 8.70. The Kier molecular flexibility index (Phi) is 12.6. The average molecular weight is 895 g/mol. The molecule has 2 aliphatic heterocycles. The second-order valence-corrected chi connectivity index (χ2v) is 16.9. The van der Waals surface area contributed by atoms with Crippen molar-refractivity contribution in [3.63, 3.8) is 0 Å². The fourth-order valence-electron chi connectivity index (χ4n) is 7.39. The second kappa shape index (κ2) is 18.1. The number of nitrogen functional groups attached to an aromatic ring is 1. The van der Waals surface area contributed by atoms with Gasteiger partial charge in [0.2, 0.25) is 23.5 Å². The van der Waals surface area contributed by atoms with E-state index in [1.165, 1.54) is 30.5 Å². The number of carbonyl (C=O) groups excluding carboxylic acids is 3. The zero-order valence-electron chi connectivity index (χ0n) is 34.2. The van der Waals surface area contributed by atoms with Crippen LogP contribution in [0.2, 0.25) is 0 Å². The fourth-order valence-corrected chi connectivity index (χ4v) is 9.22. The molecular formula is C42H44N11O8S2+. The number of nitrogens with one attached hydrogen (secondary N) is 3. The maximum absolute atomic E-state index is 13.9. The highest BCUT2D eigenvalue weighted by molar-refractivity contribution is 8.00. The number of ketones is 1. The molecule has 7 rings (SSSR count). The lowest BCUT2D eigenvalue weighted by atomic mass is 9.77. The monoisotopic (exact) mass is 894 g/mol. The number of nitrogens with zero attached hydrogens (tertiary/aromatic N) is 6. The first-order chi connectivity index (χ1) is 30.2. The Labute approximate surface area is 369 Å². The summed E-state index contributed by atoms with van der Waals surface area (Å²) < 4.78 is 7.51. The van der Waals surface area contributed by atoms with Crippen LogP contribution in [-0.2, 0) is 43.1 Å². The Hall–Kier alpha value is -7.10. The van der Waals surface area contributed by atoms with E-state index in [0.29, 0.717) is 17.1 Å². The summed E-state index contributed by atoms with van der Waals surface area (Å²) in [4.78, 5) is 75.7. The van der Waals surface area contributed by atoms with Crippen molar-refractivity contribution in [1.82, 2.24) is 24.3 Å². The maximum atomic E-state index is 13.9. The van der Waals surface area contributed by atoms with Crippen LogP contribution in [0.1, 0.15) is 42.8 Å². The van der Waals surface area contributed by atoms with Gasteiger partial charge in [-0.25, -0.2) is 14.4 Å². The van der Waals surface area contributed by atoms with Crippen LogP contribution in [0.15, 0.2) is 114 Å². The van der Waals surface area contributed by atoms with Gasteiger partial charge in [-0.1, -0.05) is 96.2 Å². The molecule has 4 heterocycles. The van der Waals surface area contributed by atoms with E-state index in [9.17, 15) is 34.2 Å². The molecule has 1 saturated heterocycles. The van der Waals surface area contributed by atoms with Gasteiger partial charge in [0, 0.05) is 29.3 Å². The van der Waals surface area contributed by atoms with Gasteiger partial charge in [0.15, 0.2) is 34.7 Å². The quantitative estimate of drug-likeness (QED) is 0.0176. The lowest BCUT2D eigenvalue weighted by Gasteiger charge is -2.49. The van der Waals surface area contributed by atoms with Gasteiger partial charge in [-0.3, -0.25) is 19.8 Å². The molecule has 63 heavy (non-hydrogen) atoms. The number of amides is 3. The highest BCUT2D eigenvalue weighted by Crippen LogP contribution is 2.46. The number of oxime groups is 1. The summed E-state index contributed by atoms with van der Waals surface area (Å²) in [5, 5.41) is 32.5. The average Bonchev–Trinajstić information content (AvgIpc) is 3.83. The third-order valence-corrected chi connectivity index (χ3v) is 12.5. The molecule has 3 amide bonds. The molecule has 326 valence electrons. The van der Waals surface area contributed by atoms with Crippen molar-refractivity contribution in [2.24, 2.45) is 23.9 Å². The molecule has 0 aliphatic carbocycles. The topological polar surface area (TPSA) is 273 Å².